The molecule has 0 saturated heterocycles. The fourth-order valence-corrected chi connectivity index (χ4v) is 1.12. The third kappa shape index (κ3) is 3.16. The molecule has 0 spiro atoms. The lowest BCUT2D eigenvalue weighted by Crippen LogP contribution is -2.15. The first-order chi connectivity index (χ1) is 7.15. The molecule has 82 valence electrons. The summed E-state index contributed by atoms with van der Waals surface area (Å²) in [6.45, 7) is 3.87. The summed E-state index contributed by atoms with van der Waals surface area (Å²) in [6.07, 6.45) is 0. The summed E-state index contributed by atoms with van der Waals surface area (Å²) in [6, 6.07) is 5.43. The summed E-state index contributed by atoms with van der Waals surface area (Å²) in [5.41, 5.74) is 7.25. The standard InChI is InChI=1S/C11H15NO3/c1-3-14-10(13)7-15-9-6-4-5-8(2)11(9)12/h4-6H,3,7,12H2,1-2H3. The number of hydrogen-bond acceptors (Lipinski definition) is 4. The van der Waals surface area contributed by atoms with E-state index in [-0.39, 0.29) is 6.61 Å². The average molecular weight is 209 g/mol. The monoisotopic (exact) mass is 209 g/mol. The third-order valence-electron chi connectivity index (χ3n) is 1.93. The molecule has 0 saturated carbocycles. The minimum Gasteiger partial charge on any atom is -0.480 e. The molecule has 0 radical (unpaired) electrons. The Morgan fingerprint density at radius 1 is 1.47 bits per heavy atom. The Hall–Kier alpha value is -1.71. The van der Waals surface area contributed by atoms with Gasteiger partial charge in [0, 0.05) is 0 Å². The van der Waals surface area contributed by atoms with Gasteiger partial charge in [-0.15, -0.1) is 0 Å². The van der Waals surface area contributed by atoms with Crippen molar-refractivity contribution < 1.29 is 14.3 Å². The third-order valence-corrected chi connectivity index (χ3v) is 1.93. The van der Waals surface area contributed by atoms with Crippen LogP contribution >= 0.6 is 0 Å². The molecule has 0 fully saturated rings. The molecule has 0 atom stereocenters. The van der Waals surface area contributed by atoms with Crippen molar-refractivity contribution in [2.75, 3.05) is 18.9 Å². The van der Waals surface area contributed by atoms with E-state index in [1.54, 1.807) is 13.0 Å². The molecule has 0 aliphatic carbocycles. The van der Waals surface area contributed by atoms with Crippen molar-refractivity contribution in [3.8, 4) is 5.75 Å². The second-order valence-corrected chi connectivity index (χ2v) is 3.08. The van der Waals surface area contributed by atoms with E-state index in [1.807, 2.05) is 19.1 Å². The van der Waals surface area contributed by atoms with E-state index in [1.165, 1.54) is 0 Å². The van der Waals surface area contributed by atoms with E-state index in [0.29, 0.717) is 18.0 Å². The van der Waals surface area contributed by atoms with Crippen LogP contribution in [0.2, 0.25) is 0 Å². The van der Waals surface area contributed by atoms with Crippen LogP contribution in [0.15, 0.2) is 18.2 Å². The zero-order valence-corrected chi connectivity index (χ0v) is 8.95. The summed E-state index contributed by atoms with van der Waals surface area (Å²) < 4.78 is 9.96. The van der Waals surface area contributed by atoms with Crippen LogP contribution in [0.1, 0.15) is 12.5 Å². The Morgan fingerprint density at radius 3 is 2.87 bits per heavy atom. The van der Waals surface area contributed by atoms with Gasteiger partial charge in [0.15, 0.2) is 6.61 Å². The van der Waals surface area contributed by atoms with Gasteiger partial charge >= 0.3 is 5.97 Å². The minimum absolute atomic E-state index is 0.110. The van der Waals surface area contributed by atoms with Gasteiger partial charge in [0.2, 0.25) is 0 Å². The molecule has 0 heterocycles. The molecule has 0 aromatic heterocycles. The number of nitrogens with two attached hydrogens (primary N) is 1. The van der Waals surface area contributed by atoms with Crippen LogP contribution in [0.5, 0.6) is 5.75 Å². The first-order valence-electron chi connectivity index (χ1n) is 4.78. The predicted molar refractivity (Wildman–Crippen MR) is 57.7 cm³/mol. The number of carbonyl (C=O) groups is 1. The molecule has 15 heavy (non-hydrogen) atoms. The Balaban J connectivity index is 2.58. The molecule has 0 bridgehead atoms. The van der Waals surface area contributed by atoms with Crippen LogP contribution in [-0.2, 0) is 9.53 Å². The summed E-state index contributed by atoms with van der Waals surface area (Å²) >= 11 is 0. The molecule has 0 amide bonds. The van der Waals surface area contributed by atoms with E-state index in [0.717, 1.165) is 5.56 Å². The van der Waals surface area contributed by atoms with Crippen LogP contribution in [0.4, 0.5) is 5.69 Å². The number of rotatable bonds is 4. The molecule has 0 unspecified atom stereocenters. The largest absolute Gasteiger partial charge is 0.480 e. The Labute approximate surface area is 89.0 Å². The number of nitrogen functional groups attached to an aromatic ring is 1. The summed E-state index contributed by atoms with van der Waals surface area (Å²) in [5, 5.41) is 0. The zero-order chi connectivity index (χ0) is 11.3. The summed E-state index contributed by atoms with van der Waals surface area (Å²) in [4.78, 5) is 11.0. The van der Waals surface area contributed by atoms with E-state index >= 15 is 0 Å². The highest BCUT2D eigenvalue weighted by Gasteiger charge is 2.06. The number of para-hydroxylation sites is 1. The minimum atomic E-state index is -0.390. The Kier molecular flexibility index (Phi) is 3.97. The average Bonchev–Trinajstić information content (AvgIpc) is 2.21. The van der Waals surface area contributed by atoms with Crippen molar-refractivity contribution in [3.63, 3.8) is 0 Å². The number of aryl methyl sites for hydroxylation is 1. The highest BCUT2D eigenvalue weighted by Crippen LogP contribution is 2.24. The van der Waals surface area contributed by atoms with Gasteiger partial charge in [0.05, 0.1) is 12.3 Å². The first kappa shape index (κ1) is 11.4. The first-order valence-corrected chi connectivity index (χ1v) is 4.78. The fraction of sp³-hybridized carbons (Fsp3) is 0.364. The van der Waals surface area contributed by atoms with Gasteiger partial charge < -0.3 is 15.2 Å². The number of esters is 1. The highest BCUT2D eigenvalue weighted by molar-refractivity contribution is 5.71. The van der Waals surface area contributed by atoms with Gasteiger partial charge in [-0.2, -0.15) is 0 Å². The van der Waals surface area contributed by atoms with E-state index < -0.39 is 5.97 Å². The highest BCUT2D eigenvalue weighted by atomic mass is 16.6. The molecular formula is C11H15NO3. The molecule has 2 N–H and O–H groups in total. The van der Waals surface area contributed by atoms with Crippen LogP contribution in [0.25, 0.3) is 0 Å². The van der Waals surface area contributed by atoms with Crippen molar-refractivity contribution in [3.05, 3.63) is 23.8 Å². The van der Waals surface area contributed by atoms with Gasteiger partial charge in [0.1, 0.15) is 5.75 Å². The van der Waals surface area contributed by atoms with Crippen molar-refractivity contribution in [1.82, 2.24) is 0 Å². The molecule has 0 aliphatic rings. The lowest BCUT2D eigenvalue weighted by molar-refractivity contribution is -0.145. The maximum atomic E-state index is 11.0. The maximum absolute atomic E-state index is 11.0. The second kappa shape index (κ2) is 5.24. The molecule has 1 aromatic rings. The SMILES string of the molecule is CCOC(=O)COc1cccc(C)c1N. The maximum Gasteiger partial charge on any atom is 0.344 e. The van der Waals surface area contributed by atoms with Crippen molar-refractivity contribution >= 4 is 11.7 Å². The number of anilines is 1. The Morgan fingerprint density at radius 2 is 2.20 bits per heavy atom. The van der Waals surface area contributed by atoms with Gasteiger partial charge in [-0.05, 0) is 25.5 Å². The molecule has 4 heteroatoms. The quantitative estimate of drug-likeness (QED) is 0.603. The Bertz CT molecular complexity index is 350. The van der Waals surface area contributed by atoms with E-state index in [9.17, 15) is 4.79 Å². The van der Waals surface area contributed by atoms with Gasteiger partial charge in [-0.3, -0.25) is 0 Å². The summed E-state index contributed by atoms with van der Waals surface area (Å²) in [7, 11) is 0. The topological polar surface area (TPSA) is 61.5 Å². The second-order valence-electron chi connectivity index (χ2n) is 3.08. The van der Waals surface area contributed by atoms with Gasteiger partial charge in [-0.1, -0.05) is 12.1 Å². The zero-order valence-electron chi connectivity index (χ0n) is 8.95. The van der Waals surface area contributed by atoms with Crippen molar-refractivity contribution in [2.45, 2.75) is 13.8 Å². The fourth-order valence-electron chi connectivity index (χ4n) is 1.12. The molecule has 0 aliphatic heterocycles. The van der Waals surface area contributed by atoms with Crippen LogP contribution in [0, 0.1) is 6.92 Å². The predicted octanol–water partition coefficient (Wildman–Crippen LogP) is 1.52. The lowest BCUT2D eigenvalue weighted by Gasteiger charge is -2.09. The molecule has 1 aromatic carbocycles. The van der Waals surface area contributed by atoms with Crippen LogP contribution < -0.4 is 10.5 Å². The molecular weight excluding hydrogens is 194 g/mol. The van der Waals surface area contributed by atoms with E-state index in [4.69, 9.17) is 15.2 Å². The number of hydrogen-bond donors (Lipinski definition) is 1. The number of benzene rings is 1. The summed E-state index contributed by atoms with van der Waals surface area (Å²) in [5.74, 6) is 0.126. The lowest BCUT2D eigenvalue weighted by atomic mass is 10.2. The van der Waals surface area contributed by atoms with Crippen LogP contribution in [-0.4, -0.2) is 19.2 Å². The van der Waals surface area contributed by atoms with Crippen LogP contribution in [0.3, 0.4) is 0 Å². The van der Waals surface area contributed by atoms with Crippen molar-refractivity contribution in [1.29, 1.82) is 0 Å². The molecule has 4 nitrogen and oxygen atoms in total. The van der Waals surface area contributed by atoms with E-state index in [2.05, 4.69) is 0 Å². The number of carbonyl (C=O) groups excluding carboxylic acids is 1. The van der Waals surface area contributed by atoms with Gasteiger partial charge in [-0.25, -0.2) is 4.79 Å². The molecule has 1 rings (SSSR count). The number of ether oxygens (including phenoxy) is 2. The smallest absolute Gasteiger partial charge is 0.344 e. The van der Waals surface area contributed by atoms with Gasteiger partial charge in [0.25, 0.3) is 0 Å². The van der Waals surface area contributed by atoms with Crippen molar-refractivity contribution in [2.24, 2.45) is 0 Å². The normalized spacial score (nSPS) is 9.73.